The lowest BCUT2D eigenvalue weighted by Crippen LogP contribution is -2.37. The van der Waals surface area contributed by atoms with E-state index in [-0.39, 0.29) is 25.1 Å². The van der Waals surface area contributed by atoms with Crippen molar-refractivity contribution >= 4 is 41.6 Å². The largest absolute Gasteiger partial charge is 0.464 e. The Kier molecular flexibility index (Phi) is 13.6. The molecule has 1 fully saturated rings. The topological polar surface area (TPSA) is 78.9 Å². The number of halogens is 3. The molecule has 0 aromatic heterocycles. The molecule has 47 heavy (non-hydrogen) atoms. The van der Waals surface area contributed by atoms with Crippen LogP contribution in [0.25, 0.3) is 11.1 Å². The summed E-state index contributed by atoms with van der Waals surface area (Å²) < 4.78 is 31.0. The Balaban J connectivity index is 0.000000745. The minimum atomic E-state index is -1.02. The second kappa shape index (κ2) is 15.7. The summed E-state index contributed by atoms with van der Waals surface area (Å²) in [6, 6.07) is 9.41. The van der Waals surface area contributed by atoms with Gasteiger partial charge in [-0.25, -0.2) is 4.39 Å². The van der Waals surface area contributed by atoms with Gasteiger partial charge in [0, 0.05) is 5.56 Å². The van der Waals surface area contributed by atoms with Gasteiger partial charge in [0.05, 0.1) is 20.9 Å². The number of benzene rings is 2. The predicted molar refractivity (Wildman–Crippen MR) is 187 cm³/mol. The highest BCUT2D eigenvalue weighted by Gasteiger charge is 2.53. The molecule has 0 saturated heterocycles. The molecule has 0 spiro atoms. The van der Waals surface area contributed by atoms with Crippen molar-refractivity contribution < 1.29 is 33.0 Å². The van der Waals surface area contributed by atoms with E-state index in [1.54, 1.807) is 44.2 Å². The maximum absolute atomic E-state index is 15.1. The fourth-order valence-corrected chi connectivity index (χ4v) is 6.62. The summed E-state index contributed by atoms with van der Waals surface area (Å²) in [5, 5.41) is 0.671. The number of ether oxygens (including phenoxy) is 3. The van der Waals surface area contributed by atoms with Gasteiger partial charge in [-0.05, 0) is 85.1 Å². The van der Waals surface area contributed by atoms with Gasteiger partial charge in [0.2, 0.25) is 0 Å². The third-order valence-electron chi connectivity index (χ3n) is 7.50. The van der Waals surface area contributed by atoms with E-state index in [1.165, 1.54) is 12.5 Å². The van der Waals surface area contributed by atoms with Gasteiger partial charge in [0.1, 0.15) is 19.0 Å². The third kappa shape index (κ3) is 13.1. The van der Waals surface area contributed by atoms with Gasteiger partial charge in [-0.1, -0.05) is 104 Å². The second-order valence-electron chi connectivity index (χ2n) is 16.9. The van der Waals surface area contributed by atoms with Crippen molar-refractivity contribution in [2.45, 2.75) is 113 Å². The second-order valence-corrected chi connectivity index (χ2v) is 17.7. The van der Waals surface area contributed by atoms with E-state index in [4.69, 9.17) is 37.4 Å². The van der Waals surface area contributed by atoms with Crippen LogP contribution in [0.5, 0.6) is 0 Å². The fraction of sp³-hybridized carbons (Fsp3) is 0.605. The number of hydrogen-bond donors (Lipinski definition) is 0. The average Bonchev–Trinajstić information content (AvgIpc) is 3.71. The van der Waals surface area contributed by atoms with E-state index in [9.17, 15) is 14.4 Å². The number of carbonyl (C=O) groups is 3. The highest BCUT2D eigenvalue weighted by molar-refractivity contribution is 6.42. The van der Waals surface area contributed by atoms with Gasteiger partial charge >= 0.3 is 11.9 Å². The monoisotopic (exact) mass is 694 g/mol. The summed E-state index contributed by atoms with van der Waals surface area (Å²) in [4.78, 5) is 36.7. The normalized spacial score (nSPS) is 15.1. The number of esters is 2. The molecule has 2 aromatic carbocycles. The van der Waals surface area contributed by atoms with Crippen molar-refractivity contribution in [2.75, 3.05) is 13.2 Å². The van der Waals surface area contributed by atoms with Gasteiger partial charge in [-0.2, -0.15) is 0 Å². The quantitative estimate of drug-likeness (QED) is 0.132. The maximum atomic E-state index is 15.1. The van der Waals surface area contributed by atoms with E-state index >= 15 is 4.39 Å². The molecular weight excluding hydrogens is 642 g/mol. The lowest BCUT2D eigenvalue weighted by atomic mass is 9.76. The van der Waals surface area contributed by atoms with E-state index < -0.39 is 34.7 Å². The van der Waals surface area contributed by atoms with Crippen LogP contribution in [0.1, 0.15) is 107 Å². The molecule has 1 aliphatic carbocycles. The highest BCUT2D eigenvalue weighted by atomic mass is 35.5. The van der Waals surface area contributed by atoms with Crippen LogP contribution in [0, 0.1) is 27.5 Å². The predicted octanol–water partition coefficient (Wildman–Crippen LogP) is 10.4. The van der Waals surface area contributed by atoms with Gasteiger partial charge in [0.15, 0.2) is 6.10 Å². The molecule has 1 unspecified atom stereocenters. The smallest absolute Gasteiger partial charge is 0.317 e. The van der Waals surface area contributed by atoms with Crippen molar-refractivity contribution in [1.82, 2.24) is 0 Å². The zero-order chi connectivity index (χ0) is 36.0. The number of hydrogen-bond acceptors (Lipinski definition) is 6. The lowest BCUT2D eigenvalue weighted by Gasteiger charge is -2.31. The van der Waals surface area contributed by atoms with Gasteiger partial charge in [-0.15, -0.1) is 0 Å². The molecule has 0 radical (unpaired) electrons. The van der Waals surface area contributed by atoms with Crippen LogP contribution in [-0.2, 0) is 34.0 Å². The molecule has 1 saturated carbocycles. The fourth-order valence-electron chi connectivity index (χ4n) is 6.33. The van der Waals surface area contributed by atoms with Crippen molar-refractivity contribution in [3.05, 3.63) is 57.8 Å². The molecule has 3 rings (SSSR count). The van der Waals surface area contributed by atoms with Crippen LogP contribution in [-0.4, -0.2) is 37.7 Å². The highest BCUT2D eigenvalue weighted by Crippen LogP contribution is 2.50. The first-order valence-electron chi connectivity index (χ1n) is 16.1. The molecule has 9 heteroatoms. The Morgan fingerprint density at radius 1 is 0.830 bits per heavy atom. The van der Waals surface area contributed by atoms with E-state index in [1.807, 2.05) is 20.8 Å². The SMILES string of the molecule is CC(C)(C)CC(C)(C)C.CC(C)(C)CC(C)(C)C(=O)OCC(COC=O)OC(=O)C1(c2ccc(-c3ccc(Cl)c(Cl)c3)c(F)c2)CC1. The minimum absolute atomic E-state index is 0.0992. The summed E-state index contributed by atoms with van der Waals surface area (Å²) in [6.07, 6.45) is 1.81. The molecule has 6 nitrogen and oxygen atoms in total. The van der Waals surface area contributed by atoms with Crippen molar-refractivity contribution in [3.8, 4) is 11.1 Å². The zero-order valence-electron chi connectivity index (χ0n) is 29.9. The summed E-state index contributed by atoms with van der Waals surface area (Å²) in [5.41, 5.74) is 0.434. The molecule has 0 amide bonds. The molecule has 0 bridgehead atoms. The Bertz CT molecular complexity index is 1380. The van der Waals surface area contributed by atoms with Crippen LogP contribution in [0.15, 0.2) is 36.4 Å². The Labute approximate surface area is 291 Å². The summed E-state index contributed by atoms with van der Waals surface area (Å²) >= 11 is 12.0. The summed E-state index contributed by atoms with van der Waals surface area (Å²) in [7, 11) is 0. The molecule has 2 aromatic rings. The van der Waals surface area contributed by atoms with E-state index in [2.05, 4.69) is 41.5 Å². The van der Waals surface area contributed by atoms with Crippen molar-refractivity contribution in [2.24, 2.45) is 21.7 Å². The van der Waals surface area contributed by atoms with E-state index in [0.29, 0.717) is 56.8 Å². The summed E-state index contributed by atoms with van der Waals surface area (Å²) in [5.74, 6) is -1.56. The first-order chi connectivity index (χ1) is 21.4. The van der Waals surface area contributed by atoms with Crippen LogP contribution < -0.4 is 0 Å². The minimum Gasteiger partial charge on any atom is -0.464 e. The lowest BCUT2D eigenvalue weighted by molar-refractivity contribution is -0.170. The van der Waals surface area contributed by atoms with Gasteiger partial charge < -0.3 is 14.2 Å². The van der Waals surface area contributed by atoms with Crippen LogP contribution >= 0.6 is 23.2 Å². The van der Waals surface area contributed by atoms with Crippen molar-refractivity contribution in [3.63, 3.8) is 0 Å². The Morgan fingerprint density at radius 2 is 1.40 bits per heavy atom. The average molecular weight is 696 g/mol. The Hall–Kier alpha value is -2.64. The standard InChI is InChI=1S/C29H33Cl2FO6.C9H20/c1-27(2,3)16-28(4,5)25(34)37-15-20(14-36-17-33)38-26(35)29(10-11-29)19-7-8-21(24(32)13-19)18-6-9-22(30)23(31)12-18;1-8(2,3)7-9(4,5)6/h6-9,12-13,17,20H,10-11,14-16H2,1-5H3;7H2,1-6H3. The van der Waals surface area contributed by atoms with E-state index in [0.717, 1.165) is 0 Å². The van der Waals surface area contributed by atoms with Crippen LogP contribution in [0.2, 0.25) is 10.0 Å². The summed E-state index contributed by atoms with van der Waals surface area (Å²) in [6.45, 7) is 23.1. The maximum Gasteiger partial charge on any atom is 0.317 e. The molecule has 262 valence electrons. The molecule has 1 atom stereocenters. The molecular formula is C38H53Cl2FO6. The van der Waals surface area contributed by atoms with Crippen LogP contribution in [0.4, 0.5) is 4.39 Å². The third-order valence-corrected chi connectivity index (χ3v) is 8.24. The number of rotatable bonds is 11. The Morgan fingerprint density at radius 3 is 1.85 bits per heavy atom. The first-order valence-corrected chi connectivity index (χ1v) is 16.8. The molecule has 0 heterocycles. The van der Waals surface area contributed by atoms with Crippen LogP contribution in [0.3, 0.4) is 0 Å². The zero-order valence-corrected chi connectivity index (χ0v) is 31.5. The van der Waals surface area contributed by atoms with Crippen molar-refractivity contribution in [1.29, 1.82) is 0 Å². The molecule has 0 N–H and O–H groups in total. The van der Waals surface area contributed by atoms with Gasteiger partial charge in [0.25, 0.3) is 6.47 Å². The first kappa shape index (κ1) is 40.5. The van der Waals surface area contributed by atoms with Gasteiger partial charge in [-0.3, -0.25) is 14.4 Å². The molecule has 1 aliphatic rings. The molecule has 0 aliphatic heterocycles. The number of carbonyl (C=O) groups excluding carboxylic acids is 3.